The molecule has 3 N–H and O–H groups in total. The smallest absolute Gasteiger partial charge is 0.414 e. The van der Waals surface area contributed by atoms with Gasteiger partial charge in [0, 0.05) is 67.7 Å². The van der Waals surface area contributed by atoms with Gasteiger partial charge >= 0.3 is 6.09 Å². The van der Waals surface area contributed by atoms with Gasteiger partial charge in [-0.15, -0.1) is 24.8 Å². The molecule has 0 bridgehead atoms. The number of nitrogens with one attached hydrogen (secondary N) is 2. The number of halogens is 2. The number of aliphatic hydroxyl groups is 1. The molecule has 6 rings (SSSR count). The van der Waals surface area contributed by atoms with Gasteiger partial charge in [-0.05, 0) is 74.4 Å². The van der Waals surface area contributed by atoms with Crippen molar-refractivity contribution in [3.63, 3.8) is 0 Å². The highest BCUT2D eigenvalue weighted by molar-refractivity contribution is 5.88. The average molecular weight is 648 g/mol. The van der Waals surface area contributed by atoms with Gasteiger partial charge in [0.05, 0.1) is 17.9 Å². The highest BCUT2D eigenvalue weighted by atomic mass is 35.5. The highest BCUT2D eigenvalue weighted by Gasteiger charge is 2.26. The third kappa shape index (κ3) is 7.82. The van der Waals surface area contributed by atoms with Gasteiger partial charge in [0.2, 0.25) is 5.88 Å². The first-order chi connectivity index (χ1) is 20.3. The predicted octanol–water partition coefficient (Wildman–Crippen LogP) is 6.21. The van der Waals surface area contributed by atoms with Crippen molar-refractivity contribution in [1.29, 1.82) is 0 Å². The minimum Gasteiger partial charge on any atom is -0.488 e. The number of aryl methyl sites for hydroxylation is 2. The molecular weight excluding hydrogens is 603 g/mol. The second-order valence-corrected chi connectivity index (χ2v) is 12.1. The lowest BCUT2D eigenvalue weighted by Crippen LogP contribution is -2.48. The summed E-state index contributed by atoms with van der Waals surface area (Å²) in [5.41, 5.74) is 5.10. The minimum absolute atomic E-state index is 0. The fourth-order valence-electron chi connectivity index (χ4n) is 6.19. The number of hydrogen-bond acceptors (Lipinski definition) is 7. The molecule has 2 aromatic carbocycles. The van der Waals surface area contributed by atoms with Crippen LogP contribution in [0.3, 0.4) is 0 Å². The Bertz CT molecular complexity index is 1550. The number of piperidine rings is 2. The number of furan rings is 1. The zero-order valence-electron chi connectivity index (χ0n) is 25.6. The molecule has 0 saturated carbocycles. The van der Waals surface area contributed by atoms with E-state index in [-0.39, 0.29) is 37.0 Å². The average Bonchev–Trinajstić information content (AvgIpc) is 3.56. The molecule has 4 aromatic rings. The summed E-state index contributed by atoms with van der Waals surface area (Å²) < 4.78 is 17.6. The number of likely N-dealkylation sites (tertiary alicyclic amines) is 2. The number of amides is 1. The molecule has 2 aromatic heterocycles. The summed E-state index contributed by atoms with van der Waals surface area (Å²) in [7, 11) is 0. The number of carbonyl (C=O) groups is 1. The van der Waals surface area contributed by atoms with E-state index in [9.17, 15) is 9.90 Å². The molecule has 4 heterocycles. The molecule has 1 amide bonds. The van der Waals surface area contributed by atoms with Crippen molar-refractivity contribution in [2.24, 2.45) is 5.92 Å². The Labute approximate surface area is 271 Å². The number of aliphatic hydroxyl groups excluding tert-OH is 1. The number of aromatic amines is 1. The fraction of sp³-hybridized carbons (Fsp3) is 0.485. The van der Waals surface area contributed by atoms with Crippen molar-refractivity contribution in [2.45, 2.75) is 58.8 Å². The van der Waals surface area contributed by atoms with Gasteiger partial charge in [0.25, 0.3) is 0 Å². The van der Waals surface area contributed by atoms with Gasteiger partial charge in [-0.3, -0.25) is 0 Å². The summed E-state index contributed by atoms with van der Waals surface area (Å²) >= 11 is 0. The summed E-state index contributed by atoms with van der Waals surface area (Å²) in [6, 6.07) is 11.9. The van der Waals surface area contributed by atoms with E-state index in [1.807, 2.05) is 24.3 Å². The van der Waals surface area contributed by atoms with E-state index in [0.29, 0.717) is 24.2 Å². The normalized spacial score (nSPS) is 19.8. The molecule has 0 radical (unpaired) electrons. The van der Waals surface area contributed by atoms with Gasteiger partial charge < -0.3 is 39.1 Å². The van der Waals surface area contributed by atoms with E-state index in [0.717, 1.165) is 86.0 Å². The van der Waals surface area contributed by atoms with E-state index in [4.69, 9.17) is 13.9 Å². The van der Waals surface area contributed by atoms with E-state index < -0.39 is 6.09 Å². The van der Waals surface area contributed by atoms with Crippen molar-refractivity contribution in [2.75, 3.05) is 39.3 Å². The maximum absolute atomic E-state index is 12.7. The summed E-state index contributed by atoms with van der Waals surface area (Å²) in [5, 5.41) is 14.9. The Hall–Kier alpha value is -2.95. The second kappa shape index (κ2) is 14.9. The van der Waals surface area contributed by atoms with Gasteiger partial charge in [-0.25, -0.2) is 4.79 Å². The van der Waals surface area contributed by atoms with Crippen LogP contribution in [0, 0.1) is 19.8 Å². The van der Waals surface area contributed by atoms with Crippen LogP contribution in [-0.2, 0) is 6.61 Å². The number of hydrogen-bond donors (Lipinski definition) is 3. The lowest BCUT2D eigenvalue weighted by atomic mass is 9.97. The van der Waals surface area contributed by atoms with Crippen LogP contribution in [0.1, 0.15) is 42.9 Å². The Balaban J connectivity index is 0.00000221. The maximum atomic E-state index is 12.7. The van der Waals surface area contributed by atoms with Gasteiger partial charge in [-0.2, -0.15) is 0 Å². The Kier molecular flexibility index (Phi) is 11.5. The molecule has 2 saturated heterocycles. The summed E-state index contributed by atoms with van der Waals surface area (Å²) in [6.07, 6.45) is 3.81. The summed E-state index contributed by atoms with van der Waals surface area (Å²) in [4.78, 5) is 20.8. The number of aromatic nitrogens is 1. The first kappa shape index (κ1) is 33.9. The molecule has 2 aliphatic rings. The fourth-order valence-corrected chi connectivity index (χ4v) is 6.19. The number of benzene rings is 2. The van der Waals surface area contributed by atoms with E-state index >= 15 is 0 Å². The molecule has 0 unspecified atom stereocenters. The SMILES string of the molecule is Cc1cc2occ(COc3cccc4[nH]c(OC(=O)NC5CCN(CCN6CC[C@H](O)[C@@H](C)C6)CC5)cc34)c2cc1C.Cl.Cl. The number of fused-ring (bicyclic) bond motifs is 2. The molecule has 2 aliphatic heterocycles. The van der Waals surface area contributed by atoms with Crippen molar-refractivity contribution >= 4 is 52.8 Å². The predicted molar refractivity (Wildman–Crippen MR) is 178 cm³/mol. The van der Waals surface area contributed by atoms with Crippen LogP contribution in [0.2, 0.25) is 0 Å². The first-order valence-electron chi connectivity index (χ1n) is 15.2. The van der Waals surface area contributed by atoms with E-state index in [1.54, 1.807) is 6.26 Å². The van der Waals surface area contributed by atoms with Gasteiger partial charge in [-0.1, -0.05) is 13.0 Å². The van der Waals surface area contributed by atoms with Crippen LogP contribution in [0.15, 0.2) is 47.1 Å². The monoisotopic (exact) mass is 646 g/mol. The van der Waals surface area contributed by atoms with Crippen molar-refractivity contribution in [3.8, 4) is 11.6 Å². The standard InChI is InChI=1S/C33H42N4O5.2ClH/c1-21-15-26-24(20-41-31(26)16-22(21)2)19-40-30-6-4-5-28-27(30)17-32(35-28)42-33(39)34-25-7-10-36(11-8-25)13-14-37-12-9-29(38)23(3)18-37;;/h4-6,15-17,20,23,25,29,35,38H,7-14,18-19H2,1-3H3,(H,34,39);2*1H/t23-,29-;;/m0../s1. The Morgan fingerprint density at radius 3 is 2.52 bits per heavy atom. The second-order valence-electron chi connectivity index (χ2n) is 12.1. The zero-order valence-corrected chi connectivity index (χ0v) is 27.3. The largest absolute Gasteiger partial charge is 0.488 e. The third-order valence-corrected chi connectivity index (χ3v) is 9.04. The van der Waals surface area contributed by atoms with Crippen LogP contribution >= 0.6 is 24.8 Å². The van der Waals surface area contributed by atoms with Gasteiger partial charge in [0.15, 0.2) is 0 Å². The number of nitrogens with zero attached hydrogens (tertiary/aromatic N) is 2. The lowest BCUT2D eigenvalue weighted by molar-refractivity contribution is 0.0302. The molecular formula is C33H44Cl2N4O5. The van der Waals surface area contributed by atoms with Crippen LogP contribution in [0.5, 0.6) is 11.6 Å². The third-order valence-electron chi connectivity index (χ3n) is 9.04. The van der Waals surface area contributed by atoms with Crippen molar-refractivity contribution in [3.05, 3.63) is 59.4 Å². The molecule has 11 heteroatoms. The molecule has 0 aliphatic carbocycles. The van der Waals surface area contributed by atoms with Crippen LogP contribution in [0.25, 0.3) is 21.9 Å². The molecule has 2 atom stereocenters. The topological polar surface area (TPSA) is 103 Å². The van der Waals surface area contributed by atoms with E-state index in [1.165, 1.54) is 11.1 Å². The number of carbonyl (C=O) groups excluding carboxylic acids is 1. The van der Waals surface area contributed by atoms with Crippen LogP contribution in [0.4, 0.5) is 4.79 Å². The molecule has 9 nitrogen and oxygen atoms in total. The molecule has 2 fully saturated rings. The maximum Gasteiger partial charge on any atom is 0.414 e. The van der Waals surface area contributed by atoms with E-state index in [2.05, 4.69) is 53.0 Å². The first-order valence-corrected chi connectivity index (χ1v) is 15.2. The number of ether oxygens (including phenoxy) is 2. The Morgan fingerprint density at radius 2 is 1.75 bits per heavy atom. The quantitative estimate of drug-likeness (QED) is 0.209. The molecule has 0 spiro atoms. The molecule has 240 valence electrons. The summed E-state index contributed by atoms with van der Waals surface area (Å²) in [5.74, 6) is 1.43. The number of rotatable bonds is 8. The molecule has 44 heavy (non-hydrogen) atoms. The minimum atomic E-state index is -0.445. The lowest BCUT2D eigenvalue weighted by Gasteiger charge is -2.37. The number of H-pyrrole nitrogens is 1. The highest BCUT2D eigenvalue weighted by Crippen LogP contribution is 2.31. The van der Waals surface area contributed by atoms with Crippen molar-refractivity contribution in [1.82, 2.24) is 20.1 Å². The summed E-state index contributed by atoms with van der Waals surface area (Å²) in [6.45, 7) is 12.6. The van der Waals surface area contributed by atoms with Gasteiger partial charge in [0.1, 0.15) is 17.9 Å². The van der Waals surface area contributed by atoms with Crippen LogP contribution in [-0.4, -0.2) is 77.4 Å². The van der Waals surface area contributed by atoms with Crippen molar-refractivity contribution < 1.29 is 23.8 Å². The van der Waals surface area contributed by atoms with Crippen LogP contribution < -0.4 is 14.8 Å². The zero-order chi connectivity index (χ0) is 29.2. The Morgan fingerprint density at radius 1 is 1.02 bits per heavy atom.